The van der Waals surface area contributed by atoms with E-state index in [4.69, 9.17) is 0 Å². The third-order valence-electron chi connectivity index (χ3n) is 4.00. The maximum Gasteiger partial charge on any atom is 0.321 e. The number of hydrogen-bond acceptors (Lipinski definition) is 4. The van der Waals surface area contributed by atoms with Crippen molar-refractivity contribution in [2.45, 2.75) is 38.3 Å². The zero-order valence-electron chi connectivity index (χ0n) is 12.6. The van der Waals surface area contributed by atoms with Gasteiger partial charge >= 0.3 is 6.03 Å². The number of rotatable bonds is 3. The molecule has 1 aromatic heterocycles. The van der Waals surface area contributed by atoms with E-state index in [1.165, 1.54) is 10.9 Å². The normalized spacial score (nSPS) is 14.8. The van der Waals surface area contributed by atoms with Gasteiger partial charge in [0.25, 0.3) is 0 Å². The number of nitrogens with one attached hydrogen (secondary N) is 2. The number of carbonyl (C=O) groups is 2. The number of carbonyl (C=O) groups excluding carboxylic acids is 2. The molecule has 3 rings (SSSR count). The molecular formula is C16H18N4O3. The third-order valence-corrected chi connectivity index (χ3v) is 4.00. The predicted octanol–water partition coefficient (Wildman–Crippen LogP) is 1.16. The zero-order chi connectivity index (χ0) is 16.2. The lowest BCUT2D eigenvalue weighted by Gasteiger charge is -2.13. The van der Waals surface area contributed by atoms with Crippen LogP contribution in [0.15, 0.2) is 35.3 Å². The van der Waals surface area contributed by atoms with E-state index in [1.54, 1.807) is 24.3 Å². The van der Waals surface area contributed by atoms with Gasteiger partial charge in [0.15, 0.2) is 0 Å². The third kappa shape index (κ3) is 3.56. The first-order chi connectivity index (χ1) is 11.1. The maximum atomic E-state index is 12.0. The average molecular weight is 314 g/mol. The van der Waals surface area contributed by atoms with Crippen molar-refractivity contribution >= 4 is 22.8 Å². The fourth-order valence-corrected chi connectivity index (χ4v) is 2.88. The largest absolute Gasteiger partial charge is 0.335 e. The first kappa shape index (κ1) is 15.2. The second-order valence-corrected chi connectivity index (χ2v) is 5.69. The molecule has 0 spiro atoms. The number of amides is 3. The van der Waals surface area contributed by atoms with Gasteiger partial charge in [-0.15, -0.1) is 0 Å². The number of nitrogens with zero attached hydrogens (tertiary/aromatic N) is 2. The lowest BCUT2D eigenvalue weighted by atomic mass is 10.2. The SMILES string of the molecule is O=C(Cn1ncc(=O)c2ccccc21)NC(=O)NC1CCCC1. The molecule has 1 aromatic carbocycles. The first-order valence-electron chi connectivity index (χ1n) is 7.69. The van der Waals surface area contributed by atoms with Gasteiger partial charge in [0.2, 0.25) is 11.3 Å². The summed E-state index contributed by atoms with van der Waals surface area (Å²) in [6.07, 6.45) is 5.29. The van der Waals surface area contributed by atoms with E-state index in [-0.39, 0.29) is 18.0 Å². The van der Waals surface area contributed by atoms with E-state index in [9.17, 15) is 14.4 Å². The Bertz CT molecular complexity index is 793. The van der Waals surface area contributed by atoms with E-state index in [1.807, 2.05) is 0 Å². The highest BCUT2D eigenvalue weighted by molar-refractivity contribution is 5.94. The second-order valence-electron chi connectivity index (χ2n) is 5.69. The van der Waals surface area contributed by atoms with Crippen LogP contribution < -0.4 is 16.1 Å². The van der Waals surface area contributed by atoms with E-state index >= 15 is 0 Å². The van der Waals surface area contributed by atoms with Crippen LogP contribution in [0, 0.1) is 0 Å². The molecule has 1 fully saturated rings. The van der Waals surface area contributed by atoms with Crippen molar-refractivity contribution < 1.29 is 9.59 Å². The van der Waals surface area contributed by atoms with Gasteiger partial charge in [-0.2, -0.15) is 5.10 Å². The van der Waals surface area contributed by atoms with Gasteiger partial charge in [0.05, 0.1) is 11.7 Å². The summed E-state index contributed by atoms with van der Waals surface area (Å²) in [5, 5.41) is 9.56. The standard InChI is InChI=1S/C16H18N4O3/c21-14-9-17-20(13-8-4-3-7-12(13)14)10-15(22)19-16(23)18-11-5-1-2-6-11/h3-4,7-9,11H,1-2,5-6,10H2,(H2,18,19,22,23). The molecule has 2 aromatic rings. The molecule has 0 unspecified atom stereocenters. The molecule has 7 heteroatoms. The summed E-state index contributed by atoms with van der Waals surface area (Å²) in [6.45, 7) is -0.126. The van der Waals surface area contributed by atoms with Crippen LogP contribution >= 0.6 is 0 Å². The van der Waals surface area contributed by atoms with Crippen molar-refractivity contribution in [2.24, 2.45) is 0 Å². The van der Waals surface area contributed by atoms with E-state index in [0.717, 1.165) is 25.7 Å². The van der Waals surface area contributed by atoms with Crippen molar-refractivity contribution in [3.05, 3.63) is 40.7 Å². The molecule has 0 aliphatic heterocycles. The van der Waals surface area contributed by atoms with Crippen LogP contribution in [0.4, 0.5) is 4.79 Å². The van der Waals surface area contributed by atoms with E-state index < -0.39 is 11.9 Å². The topological polar surface area (TPSA) is 93.1 Å². The number of urea groups is 1. The van der Waals surface area contributed by atoms with Crippen LogP contribution in [0.2, 0.25) is 0 Å². The Kier molecular flexibility index (Phi) is 4.36. The second kappa shape index (κ2) is 6.60. The number of benzene rings is 1. The molecule has 0 bridgehead atoms. The van der Waals surface area contributed by atoms with Gasteiger partial charge < -0.3 is 5.32 Å². The number of imide groups is 1. The van der Waals surface area contributed by atoms with Crippen LogP contribution in [0.3, 0.4) is 0 Å². The van der Waals surface area contributed by atoms with Crippen molar-refractivity contribution in [3.8, 4) is 0 Å². The van der Waals surface area contributed by atoms with Gasteiger partial charge in [0, 0.05) is 11.4 Å². The fourth-order valence-electron chi connectivity index (χ4n) is 2.88. The minimum absolute atomic E-state index is 0.126. The first-order valence-corrected chi connectivity index (χ1v) is 7.69. The van der Waals surface area contributed by atoms with Gasteiger partial charge in [0.1, 0.15) is 6.54 Å². The van der Waals surface area contributed by atoms with Crippen LogP contribution in [0.5, 0.6) is 0 Å². The quantitative estimate of drug-likeness (QED) is 0.889. The molecule has 0 radical (unpaired) electrons. The number of fused-ring (bicyclic) bond motifs is 1. The van der Waals surface area contributed by atoms with Crippen LogP contribution in [0.1, 0.15) is 25.7 Å². The van der Waals surface area contributed by atoms with Gasteiger partial charge in [-0.05, 0) is 25.0 Å². The summed E-state index contributed by atoms with van der Waals surface area (Å²) in [7, 11) is 0. The molecular weight excluding hydrogens is 296 g/mol. The Morgan fingerprint density at radius 3 is 2.74 bits per heavy atom. The van der Waals surface area contributed by atoms with Crippen molar-refractivity contribution in [3.63, 3.8) is 0 Å². The van der Waals surface area contributed by atoms with Crippen LogP contribution in [0.25, 0.3) is 10.9 Å². The zero-order valence-corrected chi connectivity index (χ0v) is 12.6. The summed E-state index contributed by atoms with van der Waals surface area (Å²) >= 11 is 0. The molecule has 1 heterocycles. The monoisotopic (exact) mass is 314 g/mol. The number of para-hydroxylation sites is 1. The molecule has 0 saturated heterocycles. The Labute approximate surface area is 132 Å². The van der Waals surface area contributed by atoms with Gasteiger partial charge in [-0.1, -0.05) is 25.0 Å². The Morgan fingerprint density at radius 1 is 1.22 bits per heavy atom. The van der Waals surface area contributed by atoms with Crippen LogP contribution in [-0.2, 0) is 11.3 Å². The Balaban J connectivity index is 1.67. The van der Waals surface area contributed by atoms with E-state index in [0.29, 0.717) is 10.9 Å². The minimum Gasteiger partial charge on any atom is -0.335 e. The van der Waals surface area contributed by atoms with Crippen molar-refractivity contribution in [1.82, 2.24) is 20.4 Å². The van der Waals surface area contributed by atoms with Crippen molar-refractivity contribution in [1.29, 1.82) is 0 Å². The van der Waals surface area contributed by atoms with Crippen molar-refractivity contribution in [2.75, 3.05) is 0 Å². The lowest BCUT2D eigenvalue weighted by Crippen LogP contribution is -2.44. The highest BCUT2D eigenvalue weighted by Crippen LogP contribution is 2.17. The Hall–Kier alpha value is -2.70. The minimum atomic E-state index is -0.479. The lowest BCUT2D eigenvalue weighted by molar-refractivity contribution is -0.120. The molecule has 23 heavy (non-hydrogen) atoms. The van der Waals surface area contributed by atoms with Crippen LogP contribution in [-0.4, -0.2) is 27.8 Å². The highest BCUT2D eigenvalue weighted by Gasteiger charge is 2.18. The molecule has 2 N–H and O–H groups in total. The number of hydrogen-bond donors (Lipinski definition) is 2. The van der Waals surface area contributed by atoms with Gasteiger partial charge in [-0.25, -0.2) is 4.79 Å². The fraction of sp³-hybridized carbons (Fsp3) is 0.375. The molecule has 0 atom stereocenters. The number of aromatic nitrogens is 2. The summed E-state index contributed by atoms with van der Waals surface area (Å²) < 4.78 is 1.41. The molecule has 1 aliphatic carbocycles. The highest BCUT2D eigenvalue weighted by atomic mass is 16.2. The summed E-state index contributed by atoms with van der Waals surface area (Å²) in [5.41, 5.74) is 0.364. The molecule has 3 amide bonds. The predicted molar refractivity (Wildman–Crippen MR) is 84.9 cm³/mol. The molecule has 7 nitrogen and oxygen atoms in total. The molecule has 1 saturated carbocycles. The summed E-state index contributed by atoms with van der Waals surface area (Å²) in [5.74, 6) is -0.471. The average Bonchev–Trinajstić information content (AvgIpc) is 3.03. The molecule has 120 valence electrons. The summed E-state index contributed by atoms with van der Waals surface area (Å²) in [6, 6.07) is 6.59. The summed E-state index contributed by atoms with van der Waals surface area (Å²) in [4.78, 5) is 35.6. The van der Waals surface area contributed by atoms with Gasteiger partial charge in [-0.3, -0.25) is 19.6 Å². The molecule has 1 aliphatic rings. The van der Waals surface area contributed by atoms with E-state index in [2.05, 4.69) is 15.7 Å². The Morgan fingerprint density at radius 2 is 1.96 bits per heavy atom. The maximum absolute atomic E-state index is 12.0. The smallest absolute Gasteiger partial charge is 0.321 e.